The number of hydrogen-bond acceptors (Lipinski definition) is 6. The van der Waals surface area contributed by atoms with Crippen LogP contribution in [-0.2, 0) is 6.54 Å². The van der Waals surface area contributed by atoms with Crippen molar-refractivity contribution in [3.05, 3.63) is 65.7 Å². The molecule has 2 aromatic heterocycles. The topological polar surface area (TPSA) is 105 Å². The minimum Gasteiger partial charge on any atom is -0.478 e. The van der Waals surface area contributed by atoms with E-state index in [0.717, 1.165) is 31.0 Å². The summed E-state index contributed by atoms with van der Waals surface area (Å²) in [4.78, 5) is 22.0. The summed E-state index contributed by atoms with van der Waals surface area (Å²) in [5.41, 5.74) is 7.48. The van der Waals surface area contributed by atoms with E-state index in [1.54, 1.807) is 24.4 Å². The van der Waals surface area contributed by atoms with E-state index in [9.17, 15) is 9.90 Å². The Kier molecular flexibility index (Phi) is 4.60. The molecule has 0 bridgehead atoms. The van der Waals surface area contributed by atoms with Crippen molar-refractivity contribution in [2.24, 2.45) is 0 Å². The van der Waals surface area contributed by atoms with Gasteiger partial charge in [0.15, 0.2) is 0 Å². The maximum absolute atomic E-state index is 11.4. The number of carboxylic acid groups (broad SMARTS) is 1. The van der Waals surface area contributed by atoms with E-state index in [1.165, 1.54) is 0 Å². The maximum Gasteiger partial charge on any atom is 0.336 e. The molecule has 0 radical (unpaired) electrons. The number of likely N-dealkylation sites (tertiary alicyclic amines) is 1. The number of nitrogen functional groups attached to an aromatic ring is 1. The van der Waals surface area contributed by atoms with Gasteiger partial charge in [-0.3, -0.25) is 4.90 Å². The van der Waals surface area contributed by atoms with Crippen LogP contribution < -0.4 is 5.73 Å². The average molecular weight is 364 g/mol. The maximum atomic E-state index is 11.4. The molecule has 0 spiro atoms. The number of rotatable bonds is 5. The molecule has 1 aliphatic rings. The zero-order valence-corrected chi connectivity index (χ0v) is 14.7. The van der Waals surface area contributed by atoms with Crippen LogP contribution in [0.15, 0.2) is 53.1 Å². The summed E-state index contributed by atoms with van der Waals surface area (Å²) in [5, 5.41) is 9.35. The SMILES string of the molecule is Nc1nccc([C@H]2CCN(Cc3ccc(-c4ccccc4C(=O)O)o3)C2)n1. The summed E-state index contributed by atoms with van der Waals surface area (Å²) >= 11 is 0. The predicted molar refractivity (Wildman–Crippen MR) is 100 cm³/mol. The Balaban J connectivity index is 1.46. The highest BCUT2D eigenvalue weighted by Crippen LogP contribution is 2.29. The van der Waals surface area contributed by atoms with Crippen molar-refractivity contribution >= 4 is 11.9 Å². The number of nitrogens with zero attached hydrogens (tertiary/aromatic N) is 3. The molecule has 0 aliphatic carbocycles. The molecule has 138 valence electrons. The van der Waals surface area contributed by atoms with E-state index in [1.807, 2.05) is 24.3 Å². The van der Waals surface area contributed by atoms with Gasteiger partial charge >= 0.3 is 5.97 Å². The molecule has 0 saturated carbocycles. The lowest BCUT2D eigenvalue weighted by Crippen LogP contribution is -2.19. The Morgan fingerprint density at radius 2 is 2.11 bits per heavy atom. The van der Waals surface area contributed by atoms with E-state index in [4.69, 9.17) is 10.2 Å². The molecule has 3 aromatic rings. The van der Waals surface area contributed by atoms with E-state index >= 15 is 0 Å². The van der Waals surface area contributed by atoms with E-state index in [-0.39, 0.29) is 5.56 Å². The lowest BCUT2D eigenvalue weighted by molar-refractivity contribution is 0.0697. The quantitative estimate of drug-likeness (QED) is 0.717. The summed E-state index contributed by atoms with van der Waals surface area (Å²) in [7, 11) is 0. The molecule has 0 amide bonds. The predicted octanol–water partition coefficient (Wildman–Crippen LogP) is 3.01. The van der Waals surface area contributed by atoms with Gasteiger partial charge in [-0.15, -0.1) is 0 Å². The van der Waals surface area contributed by atoms with Crippen LogP contribution in [0.5, 0.6) is 0 Å². The minimum absolute atomic E-state index is 0.237. The molecule has 27 heavy (non-hydrogen) atoms. The molecule has 1 atom stereocenters. The number of hydrogen-bond donors (Lipinski definition) is 2. The van der Waals surface area contributed by atoms with Gasteiger partial charge in [0.05, 0.1) is 17.8 Å². The van der Waals surface area contributed by atoms with Gasteiger partial charge in [-0.25, -0.2) is 14.8 Å². The summed E-state index contributed by atoms with van der Waals surface area (Å²) in [5.74, 6) is 1.06. The van der Waals surface area contributed by atoms with Crippen molar-refractivity contribution in [1.82, 2.24) is 14.9 Å². The minimum atomic E-state index is -0.963. The third-order valence-electron chi connectivity index (χ3n) is 4.85. The fourth-order valence-corrected chi connectivity index (χ4v) is 3.55. The van der Waals surface area contributed by atoms with Crippen LogP contribution in [0.3, 0.4) is 0 Å². The number of anilines is 1. The number of nitrogens with two attached hydrogens (primary N) is 1. The number of aromatic nitrogens is 2. The summed E-state index contributed by atoms with van der Waals surface area (Å²) in [6, 6.07) is 12.5. The second kappa shape index (κ2) is 7.20. The number of carboxylic acids is 1. The number of carbonyl (C=O) groups is 1. The highest BCUT2D eigenvalue weighted by atomic mass is 16.4. The van der Waals surface area contributed by atoms with Crippen LogP contribution in [0.1, 0.15) is 34.2 Å². The third-order valence-corrected chi connectivity index (χ3v) is 4.85. The standard InChI is InChI=1S/C20H20N4O3/c21-20-22-9-7-17(23-20)13-8-10-24(11-13)12-14-5-6-18(27-14)15-3-1-2-4-16(15)19(25)26/h1-7,9,13H,8,10-12H2,(H,25,26)(H2,21,22,23)/t13-/m0/s1. The van der Waals surface area contributed by atoms with Gasteiger partial charge in [0, 0.05) is 24.2 Å². The summed E-state index contributed by atoms with van der Waals surface area (Å²) < 4.78 is 5.93. The van der Waals surface area contributed by atoms with Crippen LogP contribution in [0.25, 0.3) is 11.3 Å². The van der Waals surface area contributed by atoms with Gasteiger partial charge in [0.25, 0.3) is 0 Å². The highest BCUT2D eigenvalue weighted by molar-refractivity contribution is 5.95. The second-order valence-corrected chi connectivity index (χ2v) is 6.68. The van der Waals surface area contributed by atoms with Gasteiger partial charge in [0.1, 0.15) is 11.5 Å². The van der Waals surface area contributed by atoms with Gasteiger partial charge < -0.3 is 15.3 Å². The van der Waals surface area contributed by atoms with Crippen LogP contribution in [0.4, 0.5) is 5.95 Å². The van der Waals surface area contributed by atoms with Crippen molar-refractivity contribution in [1.29, 1.82) is 0 Å². The van der Waals surface area contributed by atoms with Gasteiger partial charge in [0.2, 0.25) is 5.95 Å². The van der Waals surface area contributed by atoms with Crippen molar-refractivity contribution in [3.8, 4) is 11.3 Å². The molecule has 7 nitrogen and oxygen atoms in total. The Hall–Kier alpha value is -3.19. The first-order valence-corrected chi connectivity index (χ1v) is 8.82. The van der Waals surface area contributed by atoms with E-state index in [0.29, 0.717) is 29.7 Å². The van der Waals surface area contributed by atoms with Crippen LogP contribution >= 0.6 is 0 Å². The molecule has 0 unspecified atom stereocenters. The molecule has 1 aliphatic heterocycles. The molecule has 1 saturated heterocycles. The first kappa shape index (κ1) is 17.2. The van der Waals surface area contributed by atoms with Crippen molar-refractivity contribution in [3.63, 3.8) is 0 Å². The molecule has 3 heterocycles. The van der Waals surface area contributed by atoms with Crippen molar-refractivity contribution in [2.45, 2.75) is 18.9 Å². The van der Waals surface area contributed by atoms with Gasteiger partial charge in [-0.2, -0.15) is 0 Å². The largest absolute Gasteiger partial charge is 0.478 e. The molecule has 3 N–H and O–H groups in total. The van der Waals surface area contributed by atoms with E-state index in [2.05, 4.69) is 14.9 Å². The highest BCUT2D eigenvalue weighted by Gasteiger charge is 2.26. The van der Waals surface area contributed by atoms with Crippen LogP contribution in [0.2, 0.25) is 0 Å². The third kappa shape index (κ3) is 3.68. The second-order valence-electron chi connectivity index (χ2n) is 6.68. The number of furan rings is 1. The van der Waals surface area contributed by atoms with Crippen LogP contribution in [0, 0.1) is 0 Å². The number of aromatic carboxylic acids is 1. The molecular weight excluding hydrogens is 344 g/mol. The Bertz CT molecular complexity index is 969. The Morgan fingerprint density at radius 1 is 1.26 bits per heavy atom. The van der Waals surface area contributed by atoms with Gasteiger partial charge in [-0.05, 0) is 37.2 Å². The smallest absolute Gasteiger partial charge is 0.336 e. The molecule has 1 fully saturated rings. The Morgan fingerprint density at radius 3 is 2.93 bits per heavy atom. The summed E-state index contributed by atoms with van der Waals surface area (Å²) in [6.07, 6.45) is 2.70. The monoisotopic (exact) mass is 364 g/mol. The lowest BCUT2D eigenvalue weighted by atomic mass is 10.1. The molecular formula is C20H20N4O3. The van der Waals surface area contributed by atoms with Crippen molar-refractivity contribution < 1.29 is 14.3 Å². The fourth-order valence-electron chi connectivity index (χ4n) is 3.55. The summed E-state index contributed by atoms with van der Waals surface area (Å²) in [6.45, 7) is 2.49. The zero-order chi connectivity index (χ0) is 18.8. The lowest BCUT2D eigenvalue weighted by Gasteiger charge is -2.14. The van der Waals surface area contributed by atoms with E-state index < -0.39 is 5.97 Å². The Labute approximate surface area is 156 Å². The first-order chi connectivity index (χ1) is 13.1. The van der Waals surface area contributed by atoms with Crippen molar-refractivity contribution in [2.75, 3.05) is 18.8 Å². The molecule has 1 aromatic carbocycles. The first-order valence-electron chi connectivity index (χ1n) is 8.82. The fraction of sp³-hybridized carbons (Fsp3) is 0.250. The molecule has 4 rings (SSSR count). The normalized spacial score (nSPS) is 17.3. The number of benzene rings is 1. The zero-order valence-electron chi connectivity index (χ0n) is 14.7. The van der Waals surface area contributed by atoms with Gasteiger partial charge in [-0.1, -0.05) is 18.2 Å². The molecule has 7 heteroatoms. The van der Waals surface area contributed by atoms with Crippen LogP contribution in [-0.4, -0.2) is 39.0 Å². The average Bonchev–Trinajstić information content (AvgIpc) is 3.32.